The quantitative estimate of drug-likeness (QED) is 0.243. The molecule has 0 aromatic heterocycles. The Labute approximate surface area is 229 Å². The van der Waals surface area contributed by atoms with E-state index in [4.69, 9.17) is 0 Å². The Morgan fingerprint density at radius 1 is 0.921 bits per heavy atom. The summed E-state index contributed by atoms with van der Waals surface area (Å²) in [6.45, 7) is 3.50. The lowest BCUT2D eigenvalue weighted by Gasteiger charge is -2.26. The van der Waals surface area contributed by atoms with E-state index in [1.807, 2.05) is 31.2 Å². The van der Waals surface area contributed by atoms with Crippen LogP contribution in [0.2, 0.25) is 0 Å². The van der Waals surface area contributed by atoms with Crippen molar-refractivity contribution in [2.45, 2.75) is 69.1 Å². The van der Waals surface area contributed by atoms with E-state index in [1.165, 1.54) is 49.3 Å². The number of aromatic carboxylic acids is 1. The van der Waals surface area contributed by atoms with Gasteiger partial charge in [0.15, 0.2) is 0 Å². The van der Waals surface area contributed by atoms with Crippen molar-refractivity contribution in [3.8, 4) is 5.75 Å². The zero-order valence-corrected chi connectivity index (χ0v) is 23.1. The minimum atomic E-state index is -1.14. The van der Waals surface area contributed by atoms with Gasteiger partial charge in [-0.15, -0.1) is 0 Å². The number of hydrogen-bond donors (Lipinski definition) is 2. The number of phenols is 1. The molecule has 1 saturated carbocycles. The molecule has 1 atom stereocenters. The monoisotopic (exact) mass is 533 g/mol. The maximum atomic E-state index is 12.7. The Morgan fingerprint density at radius 3 is 2.29 bits per heavy atom. The fourth-order valence-corrected chi connectivity index (χ4v) is 6.41. The first-order valence-electron chi connectivity index (χ1n) is 13.8. The van der Waals surface area contributed by atoms with Crippen LogP contribution in [0, 0.1) is 6.92 Å². The zero-order valence-electron chi connectivity index (χ0n) is 22.3. The van der Waals surface area contributed by atoms with Gasteiger partial charge in [0.2, 0.25) is 0 Å². The number of carboxylic acid groups (broad SMARTS) is 1. The summed E-state index contributed by atoms with van der Waals surface area (Å²) in [5.74, 6) is -0.0760. The maximum absolute atomic E-state index is 12.7. The largest absolute Gasteiger partial charge is 0.507 e. The van der Waals surface area contributed by atoms with Crippen molar-refractivity contribution in [1.82, 2.24) is 0 Å². The van der Waals surface area contributed by atoms with Crippen LogP contribution in [0.3, 0.4) is 0 Å². The minimum Gasteiger partial charge on any atom is -0.507 e. The van der Waals surface area contributed by atoms with E-state index in [9.17, 15) is 19.2 Å². The van der Waals surface area contributed by atoms with Crippen LogP contribution in [-0.4, -0.2) is 39.2 Å². The van der Waals surface area contributed by atoms with Gasteiger partial charge >= 0.3 is 5.97 Å². The Hall–Kier alpha value is -3.12. The molecule has 0 spiro atoms. The highest BCUT2D eigenvalue weighted by molar-refractivity contribution is 7.85. The lowest BCUT2D eigenvalue weighted by Crippen LogP contribution is -2.27. The molecule has 0 aliphatic heterocycles. The maximum Gasteiger partial charge on any atom is 0.339 e. The number of anilines is 1. The lowest BCUT2D eigenvalue weighted by atomic mass is 9.84. The second-order valence-corrected chi connectivity index (χ2v) is 12.0. The van der Waals surface area contributed by atoms with E-state index in [-0.39, 0.29) is 11.3 Å². The Bertz CT molecular complexity index is 1220. The van der Waals surface area contributed by atoms with Crippen molar-refractivity contribution in [1.29, 1.82) is 0 Å². The molecule has 4 rings (SSSR count). The molecular formula is C32H39NO4S. The molecule has 0 saturated heterocycles. The predicted octanol–water partition coefficient (Wildman–Crippen LogP) is 7.08. The van der Waals surface area contributed by atoms with Gasteiger partial charge in [0.05, 0.1) is 10.8 Å². The molecule has 0 amide bonds. The topological polar surface area (TPSA) is 77.8 Å². The van der Waals surface area contributed by atoms with Gasteiger partial charge in [-0.1, -0.05) is 61.2 Å². The highest BCUT2D eigenvalue weighted by atomic mass is 32.2. The van der Waals surface area contributed by atoms with Crippen molar-refractivity contribution in [3.05, 3.63) is 89.0 Å². The van der Waals surface area contributed by atoms with E-state index >= 15 is 0 Å². The van der Waals surface area contributed by atoms with Gasteiger partial charge in [-0.25, -0.2) is 4.79 Å². The molecule has 1 unspecified atom stereocenters. The van der Waals surface area contributed by atoms with E-state index in [0.29, 0.717) is 11.7 Å². The summed E-state index contributed by atoms with van der Waals surface area (Å²) in [7, 11) is -1.02. The summed E-state index contributed by atoms with van der Waals surface area (Å²) in [6, 6.07) is 21.6. The lowest BCUT2D eigenvalue weighted by molar-refractivity contribution is 0.0693. The first-order chi connectivity index (χ1) is 18.4. The third-order valence-corrected chi connectivity index (χ3v) is 9.05. The molecule has 3 aromatic rings. The first kappa shape index (κ1) is 27.9. The van der Waals surface area contributed by atoms with Crippen LogP contribution in [0.1, 0.15) is 77.9 Å². The SMILES string of the molecule is Cc1ccc(S(=O)CCCCN(CCc2ccc(C3CCCCC3)cc2)c2ccc(C(=O)O)c(O)c2)cc1. The number of unbranched alkanes of at least 4 members (excludes halogenated alkanes) is 1. The zero-order chi connectivity index (χ0) is 26.9. The van der Waals surface area contributed by atoms with Gasteiger partial charge in [0.1, 0.15) is 11.3 Å². The third-order valence-electron chi connectivity index (χ3n) is 7.60. The number of carbonyl (C=O) groups is 1. The first-order valence-corrected chi connectivity index (χ1v) is 15.1. The van der Waals surface area contributed by atoms with Crippen LogP contribution in [0.4, 0.5) is 5.69 Å². The molecule has 202 valence electrons. The number of hydrogen-bond acceptors (Lipinski definition) is 4. The summed E-state index contributed by atoms with van der Waals surface area (Å²) in [5, 5.41) is 19.6. The fraction of sp³-hybridized carbons (Fsp3) is 0.406. The van der Waals surface area contributed by atoms with E-state index in [1.54, 1.807) is 12.1 Å². The normalized spacial score (nSPS) is 14.8. The highest BCUT2D eigenvalue weighted by Crippen LogP contribution is 2.32. The molecule has 5 nitrogen and oxygen atoms in total. The summed E-state index contributed by atoms with van der Waals surface area (Å²) >= 11 is 0. The molecule has 2 N–H and O–H groups in total. The van der Waals surface area contributed by atoms with Gasteiger partial charge < -0.3 is 15.1 Å². The second-order valence-electron chi connectivity index (χ2n) is 10.4. The molecule has 3 aromatic carbocycles. The van der Waals surface area contributed by atoms with Gasteiger partial charge in [-0.2, -0.15) is 0 Å². The molecule has 0 heterocycles. The molecule has 1 fully saturated rings. The van der Waals surface area contributed by atoms with Crippen LogP contribution in [0.5, 0.6) is 5.75 Å². The van der Waals surface area contributed by atoms with Crippen molar-refractivity contribution in [3.63, 3.8) is 0 Å². The smallest absolute Gasteiger partial charge is 0.339 e. The van der Waals surface area contributed by atoms with E-state index in [2.05, 4.69) is 29.2 Å². The van der Waals surface area contributed by atoms with Crippen LogP contribution in [-0.2, 0) is 17.2 Å². The fourth-order valence-electron chi connectivity index (χ4n) is 5.27. The number of carboxylic acids is 1. The predicted molar refractivity (Wildman–Crippen MR) is 155 cm³/mol. The molecule has 0 radical (unpaired) electrons. The summed E-state index contributed by atoms with van der Waals surface area (Å²) in [5.41, 5.74) is 4.57. The summed E-state index contributed by atoms with van der Waals surface area (Å²) < 4.78 is 12.7. The molecule has 1 aliphatic rings. The van der Waals surface area contributed by atoms with E-state index in [0.717, 1.165) is 48.5 Å². The van der Waals surface area contributed by atoms with Gasteiger partial charge in [0, 0.05) is 35.5 Å². The van der Waals surface area contributed by atoms with E-state index < -0.39 is 16.8 Å². The molecule has 1 aliphatic carbocycles. The number of rotatable bonds is 12. The van der Waals surface area contributed by atoms with Crippen molar-refractivity contribution in [2.75, 3.05) is 23.7 Å². The molecular weight excluding hydrogens is 494 g/mol. The van der Waals surface area contributed by atoms with Crippen LogP contribution < -0.4 is 4.90 Å². The average molecular weight is 534 g/mol. The molecule has 38 heavy (non-hydrogen) atoms. The summed E-state index contributed by atoms with van der Waals surface area (Å²) in [6.07, 6.45) is 9.10. The Morgan fingerprint density at radius 2 is 1.63 bits per heavy atom. The van der Waals surface area contributed by atoms with Gasteiger partial charge in [-0.05, 0) is 80.3 Å². The number of aryl methyl sites for hydroxylation is 1. The van der Waals surface area contributed by atoms with Crippen molar-refractivity contribution >= 4 is 22.5 Å². The summed E-state index contributed by atoms with van der Waals surface area (Å²) in [4.78, 5) is 14.4. The third kappa shape index (κ3) is 7.70. The number of nitrogens with zero attached hydrogens (tertiary/aromatic N) is 1. The second kappa shape index (κ2) is 13.6. The minimum absolute atomic E-state index is 0.0968. The van der Waals surface area contributed by atoms with Crippen LogP contribution >= 0.6 is 0 Å². The van der Waals surface area contributed by atoms with Crippen LogP contribution in [0.15, 0.2) is 71.6 Å². The average Bonchev–Trinajstić information content (AvgIpc) is 2.93. The van der Waals surface area contributed by atoms with Gasteiger partial charge in [-0.3, -0.25) is 4.21 Å². The molecule has 6 heteroatoms. The molecule has 0 bridgehead atoms. The number of aromatic hydroxyl groups is 1. The van der Waals surface area contributed by atoms with Crippen molar-refractivity contribution < 1.29 is 19.2 Å². The van der Waals surface area contributed by atoms with Crippen LogP contribution in [0.25, 0.3) is 0 Å². The standard InChI is InChI=1S/C32H39NO4S/c1-24-9-16-29(17-10-24)38(37)22-6-5-20-33(28-15-18-30(32(35)36)31(34)23-28)21-19-25-11-13-27(14-12-25)26-7-3-2-4-8-26/h9-18,23,26,34H,2-8,19-22H2,1H3,(H,35,36). The highest BCUT2D eigenvalue weighted by Gasteiger charge is 2.16. The number of benzene rings is 3. The van der Waals surface area contributed by atoms with Gasteiger partial charge in [0.25, 0.3) is 0 Å². The van der Waals surface area contributed by atoms with Crippen molar-refractivity contribution in [2.24, 2.45) is 0 Å². The Kier molecular flexibility index (Phi) is 9.99. The Balaban J connectivity index is 1.38.